The summed E-state index contributed by atoms with van der Waals surface area (Å²) in [7, 11) is 7.97. The molecule has 6 fully saturated rings. The number of benzene rings is 1. The number of para-hydroxylation sites is 1. The van der Waals surface area contributed by atoms with Crippen molar-refractivity contribution in [3.63, 3.8) is 0 Å². The minimum atomic E-state index is -1.70. The van der Waals surface area contributed by atoms with Crippen molar-refractivity contribution in [2.45, 2.75) is 87.6 Å². The van der Waals surface area contributed by atoms with E-state index >= 15 is 0 Å². The lowest BCUT2D eigenvalue weighted by atomic mass is 9.42. The largest absolute Gasteiger partial charge is 0.469 e. The summed E-state index contributed by atoms with van der Waals surface area (Å²) in [5.74, 6) is -2.89. The number of amides is 1. The van der Waals surface area contributed by atoms with Crippen LogP contribution in [0.15, 0.2) is 24.3 Å². The monoisotopic (exact) mass is 714 g/mol. The Hall–Kier alpha value is -2.65. The summed E-state index contributed by atoms with van der Waals surface area (Å²) < 4.78 is 36.1. The molecule has 1 amide bonds. The van der Waals surface area contributed by atoms with Crippen LogP contribution in [0.3, 0.4) is 0 Å². The molecule has 7 bridgehead atoms. The second kappa shape index (κ2) is 13.0. The Morgan fingerprint density at radius 3 is 2.43 bits per heavy atom. The van der Waals surface area contributed by atoms with Crippen LogP contribution in [0.5, 0.6) is 0 Å². The highest BCUT2D eigenvalue weighted by molar-refractivity contribution is 6.01. The third-order valence-corrected chi connectivity index (χ3v) is 14.3. The van der Waals surface area contributed by atoms with Gasteiger partial charge in [0.2, 0.25) is 5.91 Å². The molecule has 6 aliphatic rings. The minimum Gasteiger partial charge on any atom is -0.469 e. The van der Waals surface area contributed by atoms with Gasteiger partial charge < -0.3 is 44.0 Å². The lowest BCUT2D eigenvalue weighted by Crippen LogP contribution is -2.82. The van der Waals surface area contributed by atoms with Gasteiger partial charge in [0.1, 0.15) is 11.2 Å². The van der Waals surface area contributed by atoms with E-state index in [0.717, 1.165) is 6.42 Å². The highest BCUT2D eigenvalue weighted by atomic mass is 16.5. The van der Waals surface area contributed by atoms with Gasteiger partial charge >= 0.3 is 11.9 Å². The van der Waals surface area contributed by atoms with Crippen molar-refractivity contribution in [3.05, 3.63) is 29.8 Å². The Balaban J connectivity index is 1.26. The summed E-state index contributed by atoms with van der Waals surface area (Å²) in [6.07, 6.45) is 0.602. The number of carbonyl (C=O) groups is 3. The smallest absolute Gasteiger partial charge is 0.340 e. The number of nitrogens with one attached hydrogen (secondary N) is 1. The van der Waals surface area contributed by atoms with Crippen molar-refractivity contribution >= 4 is 23.5 Å². The SMILES string of the molecule is CCN1C[C@]2(COC(=O)c3ccccc3NC(=O)CC(C)C(=O)OC)CC[C@H](OC)[C@@]34[C@@H]5C[C@H]6[C@H](OC)[C@@H]5[C@](O)(C[C@@H]6OC)[C@@](O)([C@@H](OC)[C@H]23)[C@@H]14. The summed E-state index contributed by atoms with van der Waals surface area (Å²) in [5, 5.41) is 29.4. The zero-order valence-electron chi connectivity index (χ0n) is 30.8. The van der Waals surface area contributed by atoms with E-state index in [4.69, 9.17) is 28.4 Å². The maximum absolute atomic E-state index is 14.0. The zero-order chi connectivity index (χ0) is 36.7. The molecule has 5 saturated carbocycles. The van der Waals surface area contributed by atoms with Crippen LogP contribution in [0.2, 0.25) is 0 Å². The summed E-state index contributed by atoms with van der Waals surface area (Å²) >= 11 is 0. The fourth-order valence-electron chi connectivity index (χ4n) is 12.8. The van der Waals surface area contributed by atoms with Gasteiger partial charge in [-0.1, -0.05) is 26.0 Å². The molecule has 1 heterocycles. The number of hydrogen-bond acceptors (Lipinski definition) is 12. The van der Waals surface area contributed by atoms with Gasteiger partial charge in [0.15, 0.2) is 0 Å². The fraction of sp³-hybridized carbons (Fsp3) is 0.763. The van der Waals surface area contributed by atoms with Crippen LogP contribution in [-0.4, -0.2) is 130 Å². The molecular weight excluding hydrogens is 660 g/mol. The predicted octanol–water partition coefficient (Wildman–Crippen LogP) is 2.27. The van der Waals surface area contributed by atoms with Crippen LogP contribution >= 0.6 is 0 Å². The molecule has 1 unspecified atom stereocenters. The van der Waals surface area contributed by atoms with E-state index in [1.165, 1.54) is 7.11 Å². The Kier molecular flexibility index (Phi) is 9.38. The van der Waals surface area contributed by atoms with Crippen molar-refractivity contribution in [1.82, 2.24) is 4.90 Å². The highest BCUT2D eigenvalue weighted by Gasteiger charge is 2.91. The minimum absolute atomic E-state index is 0.0402. The maximum Gasteiger partial charge on any atom is 0.340 e. The third-order valence-electron chi connectivity index (χ3n) is 14.3. The number of likely N-dealkylation sites (tertiary alicyclic amines) is 1. The van der Waals surface area contributed by atoms with E-state index in [1.54, 1.807) is 59.6 Å². The number of fused-ring (bicyclic) bond motifs is 2. The normalized spacial score (nSPS) is 43.7. The molecule has 1 saturated heterocycles. The van der Waals surface area contributed by atoms with Gasteiger partial charge in [-0.3, -0.25) is 14.5 Å². The van der Waals surface area contributed by atoms with E-state index in [0.29, 0.717) is 25.9 Å². The summed E-state index contributed by atoms with van der Waals surface area (Å²) in [5.41, 5.74) is -4.08. The van der Waals surface area contributed by atoms with E-state index in [1.807, 2.05) is 0 Å². The number of aliphatic hydroxyl groups is 2. The molecule has 1 aliphatic heterocycles. The molecule has 7 rings (SSSR count). The van der Waals surface area contributed by atoms with E-state index in [-0.39, 0.29) is 72.7 Å². The molecule has 282 valence electrons. The van der Waals surface area contributed by atoms with Gasteiger partial charge in [-0.05, 0) is 43.9 Å². The van der Waals surface area contributed by atoms with Crippen LogP contribution in [0.1, 0.15) is 56.3 Å². The summed E-state index contributed by atoms with van der Waals surface area (Å²) in [6.45, 7) is 4.85. The Morgan fingerprint density at radius 1 is 1.04 bits per heavy atom. The second-order valence-electron chi connectivity index (χ2n) is 16.0. The molecule has 0 radical (unpaired) electrons. The van der Waals surface area contributed by atoms with Gasteiger partial charge in [0.25, 0.3) is 0 Å². The Morgan fingerprint density at radius 2 is 1.78 bits per heavy atom. The van der Waals surface area contributed by atoms with Crippen LogP contribution in [0.25, 0.3) is 0 Å². The summed E-state index contributed by atoms with van der Waals surface area (Å²) in [6, 6.07) is 6.18. The molecule has 3 N–H and O–H groups in total. The Labute approximate surface area is 299 Å². The average Bonchev–Trinajstić information content (AvgIpc) is 3.55. The zero-order valence-corrected chi connectivity index (χ0v) is 30.8. The molecule has 14 atom stereocenters. The molecule has 5 aliphatic carbocycles. The number of rotatable bonds is 12. The molecule has 13 nitrogen and oxygen atoms in total. The number of piperidine rings is 1. The number of hydrogen-bond donors (Lipinski definition) is 3. The first-order valence-corrected chi connectivity index (χ1v) is 18.3. The van der Waals surface area contributed by atoms with Crippen LogP contribution in [0.4, 0.5) is 5.69 Å². The van der Waals surface area contributed by atoms with Crippen LogP contribution < -0.4 is 5.32 Å². The second-order valence-corrected chi connectivity index (χ2v) is 16.0. The molecule has 0 aromatic heterocycles. The van der Waals surface area contributed by atoms with Crippen molar-refractivity contribution in [2.75, 3.05) is 60.6 Å². The van der Waals surface area contributed by atoms with E-state index < -0.39 is 57.9 Å². The van der Waals surface area contributed by atoms with Gasteiger partial charge in [-0.2, -0.15) is 0 Å². The lowest BCUT2D eigenvalue weighted by molar-refractivity contribution is -0.320. The average molecular weight is 715 g/mol. The number of methoxy groups -OCH3 is 5. The molecule has 1 aromatic rings. The van der Waals surface area contributed by atoms with Crippen molar-refractivity contribution in [3.8, 4) is 0 Å². The predicted molar refractivity (Wildman–Crippen MR) is 183 cm³/mol. The Bertz CT molecular complexity index is 1540. The van der Waals surface area contributed by atoms with Crippen LogP contribution in [0, 0.1) is 40.4 Å². The number of nitrogens with zero attached hydrogens (tertiary/aromatic N) is 1. The third kappa shape index (κ3) is 4.74. The van der Waals surface area contributed by atoms with Crippen molar-refractivity contribution in [1.29, 1.82) is 0 Å². The first kappa shape index (κ1) is 36.7. The van der Waals surface area contributed by atoms with Gasteiger partial charge in [0, 0.05) is 76.4 Å². The number of ether oxygens (including phenoxy) is 6. The number of carbonyl (C=O) groups excluding carboxylic acids is 3. The highest BCUT2D eigenvalue weighted by Crippen LogP contribution is 2.80. The molecular formula is C38H54N2O11. The van der Waals surface area contributed by atoms with Gasteiger partial charge in [-0.15, -0.1) is 0 Å². The number of esters is 2. The van der Waals surface area contributed by atoms with Gasteiger partial charge in [-0.25, -0.2) is 4.79 Å². The van der Waals surface area contributed by atoms with Crippen molar-refractivity contribution < 1.29 is 53.0 Å². The molecule has 51 heavy (non-hydrogen) atoms. The summed E-state index contributed by atoms with van der Waals surface area (Å²) in [4.78, 5) is 41.1. The first-order chi connectivity index (χ1) is 24.4. The number of anilines is 1. The standard InChI is InChI=1S/C38H54N2O11/c1-8-40-18-35(19-51-33(43)21-11-9-10-12-24(21)39-27(41)15-20(2)32(42)50-7)14-13-26(47-4)37-23-16-22-25(46-3)17-36(44,28(23)29(22)48-5)38(45,34(37)40)31(49-6)30(35)37/h9-12,20,22-23,25-26,28-31,34,44-45H,8,13-19H2,1-7H3,(H,39,41)/t20?,22-,23-,25+,26+,28-,29+,30-,31+,34+,35+,36-,37+,38-/m1/s1. The van der Waals surface area contributed by atoms with E-state index in [2.05, 4.69) is 17.1 Å². The molecule has 1 aromatic carbocycles. The lowest BCUT2D eigenvalue weighted by Gasteiger charge is -2.70. The molecule has 13 heteroatoms. The van der Waals surface area contributed by atoms with E-state index in [9.17, 15) is 24.6 Å². The van der Waals surface area contributed by atoms with Crippen molar-refractivity contribution in [2.24, 2.45) is 40.4 Å². The number of likely N-dealkylation sites (N-methyl/N-ethyl adjacent to an activating group) is 1. The first-order valence-electron chi connectivity index (χ1n) is 18.3. The fourth-order valence-corrected chi connectivity index (χ4v) is 12.8. The quantitative estimate of drug-likeness (QED) is 0.272. The maximum atomic E-state index is 14.0. The van der Waals surface area contributed by atoms with Gasteiger partial charge in [0.05, 0.1) is 61.3 Å². The molecule has 1 spiro atoms. The topological polar surface area (TPSA) is 162 Å². The van der Waals surface area contributed by atoms with Crippen LogP contribution in [-0.2, 0) is 38.0 Å².